The SMILES string of the molecule is O=C1NCCN(C(=O)CCc2cccs2)C1c1ccccc1. The molecular weight excluding hydrogens is 296 g/mol. The van der Waals surface area contributed by atoms with Crippen molar-refractivity contribution in [1.82, 2.24) is 10.2 Å². The number of carbonyl (C=O) groups is 2. The number of rotatable bonds is 4. The van der Waals surface area contributed by atoms with Crippen molar-refractivity contribution in [2.75, 3.05) is 13.1 Å². The summed E-state index contributed by atoms with van der Waals surface area (Å²) in [6, 6.07) is 13.0. The minimum atomic E-state index is -0.509. The van der Waals surface area contributed by atoms with Gasteiger partial charge in [-0.3, -0.25) is 9.59 Å². The molecule has 2 heterocycles. The number of thiophene rings is 1. The van der Waals surface area contributed by atoms with Crippen LogP contribution < -0.4 is 5.32 Å². The van der Waals surface area contributed by atoms with Crippen LogP contribution in [-0.4, -0.2) is 29.8 Å². The van der Waals surface area contributed by atoms with Crippen molar-refractivity contribution in [3.63, 3.8) is 0 Å². The van der Waals surface area contributed by atoms with Gasteiger partial charge in [-0.05, 0) is 23.4 Å². The molecule has 1 aliphatic rings. The van der Waals surface area contributed by atoms with Gasteiger partial charge in [0.1, 0.15) is 6.04 Å². The molecule has 2 aromatic rings. The molecule has 0 aliphatic carbocycles. The summed E-state index contributed by atoms with van der Waals surface area (Å²) >= 11 is 1.66. The molecule has 1 saturated heterocycles. The number of carbonyl (C=O) groups excluding carboxylic acids is 2. The largest absolute Gasteiger partial charge is 0.352 e. The van der Waals surface area contributed by atoms with Gasteiger partial charge in [-0.1, -0.05) is 36.4 Å². The van der Waals surface area contributed by atoms with Gasteiger partial charge in [0.15, 0.2) is 0 Å². The average Bonchev–Trinajstić information content (AvgIpc) is 3.06. The van der Waals surface area contributed by atoms with Gasteiger partial charge >= 0.3 is 0 Å². The van der Waals surface area contributed by atoms with Crippen molar-refractivity contribution < 1.29 is 9.59 Å². The second-order valence-corrected chi connectivity index (χ2v) is 6.30. The number of hydrogen-bond acceptors (Lipinski definition) is 3. The normalized spacial score (nSPS) is 18.1. The van der Waals surface area contributed by atoms with Gasteiger partial charge in [-0.15, -0.1) is 11.3 Å². The third-order valence-electron chi connectivity index (χ3n) is 3.81. The minimum absolute atomic E-state index is 0.0390. The van der Waals surface area contributed by atoms with Gasteiger partial charge in [-0.2, -0.15) is 0 Å². The zero-order valence-electron chi connectivity index (χ0n) is 12.2. The first-order chi connectivity index (χ1) is 10.8. The molecule has 22 heavy (non-hydrogen) atoms. The van der Waals surface area contributed by atoms with Crippen molar-refractivity contribution in [1.29, 1.82) is 0 Å². The first-order valence-corrected chi connectivity index (χ1v) is 8.28. The average molecular weight is 314 g/mol. The van der Waals surface area contributed by atoms with Gasteiger partial charge in [0.2, 0.25) is 11.8 Å². The van der Waals surface area contributed by atoms with Crippen molar-refractivity contribution in [2.24, 2.45) is 0 Å². The van der Waals surface area contributed by atoms with E-state index in [1.54, 1.807) is 16.2 Å². The summed E-state index contributed by atoms with van der Waals surface area (Å²) in [6.45, 7) is 1.08. The van der Waals surface area contributed by atoms with E-state index in [0.29, 0.717) is 19.5 Å². The molecule has 1 atom stereocenters. The summed E-state index contributed by atoms with van der Waals surface area (Å²) in [5.74, 6) is -0.0565. The summed E-state index contributed by atoms with van der Waals surface area (Å²) in [4.78, 5) is 27.7. The summed E-state index contributed by atoms with van der Waals surface area (Å²) in [5.41, 5.74) is 0.865. The topological polar surface area (TPSA) is 49.4 Å². The van der Waals surface area contributed by atoms with Crippen LogP contribution in [0.15, 0.2) is 47.8 Å². The highest BCUT2D eigenvalue weighted by atomic mass is 32.1. The van der Waals surface area contributed by atoms with E-state index < -0.39 is 6.04 Å². The van der Waals surface area contributed by atoms with Crippen LogP contribution in [0.2, 0.25) is 0 Å². The van der Waals surface area contributed by atoms with E-state index in [-0.39, 0.29) is 11.8 Å². The zero-order valence-corrected chi connectivity index (χ0v) is 13.0. The van der Waals surface area contributed by atoms with Crippen molar-refractivity contribution in [2.45, 2.75) is 18.9 Å². The standard InChI is InChI=1S/C17H18N2O2S/c20-15(9-8-14-7-4-12-22-14)19-11-10-18-17(21)16(19)13-5-2-1-3-6-13/h1-7,12,16H,8-11H2,(H,18,21). The molecule has 5 heteroatoms. The predicted octanol–water partition coefficient (Wildman–Crippen LogP) is 2.38. The Morgan fingerprint density at radius 2 is 2.05 bits per heavy atom. The number of benzene rings is 1. The number of hydrogen-bond donors (Lipinski definition) is 1. The van der Waals surface area contributed by atoms with E-state index in [0.717, 1.165) is 12.0 Å². The molecule has 1 aromatic heterocycles. The van der Waals surface area contributed by atoms with Crippen LogP contribution in [0, 0.1) is 0 Å². The Balaban J connectivity index is 1.74. The van der Waals surface area contributed by atoms with Crippen molar-refractivity contribution >= 4 is 23.2 Å². The molecule has 1 N–H and O–H groups in total. The Bertz CT molecular complexity index is 640. The van der Waals surface area contributed by atoms with E-state index in [4.69, 9.17) is 0 Å². The quantitative estimate of drug-likeness (QED) is 0.942. The zero-order chi connectivity index (χ0) is 15.4. The number of nitrogens with zero attached hydrogens (tertiary/aromatic N) is 1. The second kappa shape index (κ2) is 6.75. The van der Waals surface area contributed by atoms with Crippen LogP contribution in [0.4, 0.5) is 0 Å². The molecule has 2 amide bonds. The highest BCUT2D eigenvalue weighted by Crippen LogP contribution is 2.24. The van der Waals surface area contributed by atoms with Crippen LogP contribution in [-0.2, 0) is 16.0 Å². The van der Waals surface area contributed by atoms with Crippen LogP contribution in [0.25, 0.3) is 0 Å². The molecule has 1 aromatic carbocycles. The van der Waals surface area contributed by atoms with Gasteiger partial charge < -0.3 is 10.2 Å². The fourth-order valence-corrected chi connectivity index (χ4v) is 3.44. The lowest BCUT2D eigenvalue weighted by molar-refractivity contribution is -0.143. The van der Waals surface area contributed by atoms with E-state index in [1.807, 2.05) is 47.8 Å². The number of nitrogens with one attached hydrogen (secondary N) is 1. The van der Waals surface area contributed by atoms with Crippen LogP contribution >= 0.6 is 11.3 Å². The molecule has 0 spiro atoms. The predicted molar refractivity (Wildman–Crippen MR) is 86.5 cm³/mol. The van der Waals surface area contributed by atoms with Crippen LogP contribution in [0.5, 0.6) is 0 Å². The minimum Gasteiger partial charge on any atom is -0.352 e. The maximum Gasteiger partial charge on any atom is 0.247 e. The summed E-state index contributed by atoms with van der Waals surface area (Å²) in [5, 5.41) is 4.87. The van der Waals surface area contributed by atoms with E-state index in [1.165, 1.54) is 4.88 Å². The lowest BCUT2D eigenvalue weighted by Crippen LogP contribution is -2.52. The lowest BCUT2D eigenvalue weighted by Gasteiger charge is -2.35. The fraction of sp³-hybridized carbons (Fsp3) is 0.294. The van der Waals surface area contributed by atoms with Gasteiger partial charge in [-0.25, -0.2) is 0 Å². The van der Waals surface area contributed by atoms with Gasteiger partial charge in [0.25, 0.3) is 0 Å². The van der Waals surface area contributed by atoms with E-state index >= 15 is 0 Å². The molecule has 114 valence electrons. The summed E-state index contributed by atoms with van der Waals surface area (Å²) < 4.78 is 0. The third-order valence-corrected chi connectivity index (χ3v) is 4.75. The molecule has 3 rings (SSSR count). The fourth-order valence-electron chi connectivity index (χ4n) is 2.73. The molecule has 4 nitrogen and oxygen atoms in total. The Labute approximate surface area is 133 Å². The Kier molecular flexibility index (Phi) is 4.53. The second-order valence-electron chi connectivity index (χ2n) is 5.27. The first-order valence-electron chi connectivity index (χ1n) is 7.40. The molecule has 0 radical (unpaired) electrons. The molecule has 1 aliphatic heterocycles. The maximum atomic E-state index is 12.6. The van der Waals surface area contributed by atoms with Crippen molar-refractivity contribution in [3.8, 4) is 0 Å². The maximum absolute atomic E-state index is 12.6. The van der Waals surface area contributed by atoms with Crippen LogP contribution in [0.3, 0.4) is 0 Å². The number of piperazine rings is 1. The van der Waals surface area contributed by atoms with Gasteiger partial charge in [0.05, 0.1) is 0 Å². The molecule has 0 saturated carbocycles. The Morgan fingerprint density at radius 3 is 2.77 bits per heavy atom. The first kappa shape index (κ1) is 14.8. The molecule has 1 unspecified atom stereocenters. The van der Waals surface area contributed by atoms with E-state index in [9.17, 15) is 9.59 Å². The molecular formula is C17H18N2O2S. The van der Waals surface area contributed by atoms with E-state index in [2.05, 4.69) is 5.32 Å². The number of aryl methyl sites for hydroxylation is 1. The van der Waals surface area contributed by atoms with Gasteiger partial charge in [0, 0.05) is 24.4 Å². The number of amides is 2. The molecule has 0 bridgehead atoms. The Morgan fingerprint density at radius 1 is 1.23 bits per heavy atom. The monoisotopic (exact) mass is 314 g/mol. The summed E-state index contributed by atoms with van der Waals surface area (Å²) in [6.07, 6.45) is 1.17. The smallest absolute Gasteiger partial charge is 0.247 e. The highest BCUT2D eigenvalue weighted by molar-refractivity contribution is 7.09. The van der Waals surface area contributed by atoms with Crippen molar-refractivity contribution in [3.05, 3.63) is 58.3 Å². The Hall–Kier alpha value is -2.14. The highest BCUT2D eigenvalue weighted by Gasteiger charge is 2.33. The lowest BCUT2D eigenvalue weighted by atomic mass is 10.0. The summed E-state index contributed by atoms with van der Waals surface area (Å²) in [7, 11) is 0. The third kappa shape index (κ3) is 3.20. The van der Waals surface area contributed by atoms with Crippen LogP contribution in [0.1, 0.15) is 22.9 Å². The molecule has 1 fully saturated rings.